The number of ether oxygens (including phenoxy) is 4. The Labute approximate surface area is 198 Å². The first-order valence-corrected chi connectivity index (χ1v) is 11.2. The van der Waals surface area contributed by atoms with E-state index in [1.54, 1.807) is 31.8 Å². The molecule has 4 rings (SSSR count). The molecule has 1 aliphatic heterocycles. The Kier molecular flexibility index (Phi) is 7.38. The summed E-state index contributed by atoms with van der Waals surface area (Å²) in [5.74, 6) is -0.0798. The lowest BCUT2D eigenvalue weighted by atomic mass is 9.91. The van der Waals surface area contributed by atoms with E-state index < -0.39 is 5.79 Å². The Morgan fingerprint density at radius 2 is 2.03 bits per heavy atom. The molecular formula is C24H26Cl2N2O4. The SMILES string of the molecule is COc1ccc(C(C)C2(Cn3ccnc3)OCC(COCc3cc(Cl)ccc3Cl)O2)cc1. The van der Waals surface area contributed by atoms with Gasteiger partial charge < -0.3 is 23.5 Å². The topological polar surface area (TPSA) is 54.7 Å². The molecule has 1 saturated heterocycles. The van der Waals surface area contributed by atoms with Gasteiger partial charge in [-0.2, -0.15) is 0 Å². The van der Waals surface area contributed by atoms with Crippen LogP contribution in [0.15, 0.2) is 61.2 Å². The quantitative estimate of drug-likeness (QED) is 0.417. The van der Waals surface area contributed by atoms with Gasteiger partial charge in [0, 0.05) is 28.4 Å². The van der Waals surface area contributed by atoms with Gasteiger partial charge in [-0.05, 0) is 41.5 Å². The smallest absolute Gasteiger partial charge is 0.193 e. The molecule has 0 bridgehead atoms. The third-order valence-corrected chi connectivity index (χ3v) is 6.29. The standard InChI is InChI=1S/C24H26Cl2N2O4/c1-17(18-3-6-21(29-2)7-4-18)24(15-28-10-9-27-16-28)31-14-22(32-24)13-30-12-19-11-20(25)5-8-23(19)26/h3-11,16-17,22H,12-15H2,1-2H3. The molecule has 1 fully saturated rings. The van der Waals surface area contributed by atoms with Gasteiger partial charge in [0.2, 0.25) is 0 Å². The Balaban J connectivity index is 1.45. The van der Waals surface area contributed by atoms with Crippen LogP contribution in [0.2, 0.25) is 10.0 Å². The van der Waals surface area contributed by atoms with E-state index in [1.165, 1.54) is 0 Å². The zero-order chi connectivity index (χ0) is 22.6. The number of imidazole rings is 1. The largest absolute Gasteiger partial charge is 0.497 e. The van der Waals surface area contributed by atoms with Gasteiger partial charge in [0.15, 0.2) is 5.79 Å². The molecule has 0 spiro atoms. The van der Waals surface area contributed by atoms with Crippen LogP contribution < -0.4 is 4.74 Å². The summed E-state index contributed by atoms with van der Waals surface area (Å²) in [6, 6.07) is 13.3. The number of halogens is 2. The fourth-order valence-corrected chi connectivity index (χ4v) is 4.22. The molecule has 0 aliphatic carbocycles. The van der Waals surface area contributed by atoms with E-state index in [4.69, 9.17) is 42.1 Å². The summed E-state index contributed by atoms with van der Waals surface area (Å²) in [6.07, 6.45) is 5.20. The van der Waals surface area contributed by atoms with E-state index in [9.17, 15) is 0 Å². The number of hydrogen-bond acceptors (Lipinski definition) is 5. The monoisotopic (exact) mass is 476 g/mol. The second-order valence-electron chi connectivity index (χ2n) is 7.84. The zero-order valence-electron chi connectivity index (χ0n) is 18.0. The summed E-state index contributed by atoms with van der Waals surface area (Å²) in [5.41, 5.74) is 1.94. The maximum Gasteiger partial charge on any atom is 0.193 e. The van der Waals surface area contributed by atoms with E-state index >= 15 is 0 Å². The average molecular weight is 477 g/mol. The Bertz CT molecular complexity index is 1010. The number of benzene rings is 2. The van der Waals surface area contributed by atoms with Gasteiger partial charge in [-0.15, -0.1) is 0 Å². The molecule has 0 amide bonds. The fraction of sp³-hybridized carbons (Fsp3) is 0.375. The highest BCUT2D eigenvalue weighted by atomic mass is 35.5. The molecular weight excluding hydrogens is 451 g/mol. The highest BCUT2D eigenvalue weighted by molar-refractivity contribution is 6.33. The lowest BCUT2D eigenvalue weighted by Gasteiger charge is -2.34. The molecule has 0 saturated carbocycles. The number of aromatic nitrogens is 2. The minimum atomic E-state index is -0.850. The van der Waals surface area contributed by atoms with Gasteiger partial charge in [0.1, 0.15) is 11.9 Å². The van der Waals surface area contributed by atoms with E-state index in [2.05, 4.69) is 11.9 Å². The van der Waals surface area contributed by atoms with Crippen LogP contribution in [0.4, 0.5) is 0 Å². The van der Waals surface area contributed by atoms with Crippen LogP contribution in [-0.4, -0.2) is 41.8 Å². The van der Waals surface area contributed by atoms with Crippen LogP contribution in [0.5, 0.6) is 5.75 Å². The van der Waals surface area contributed by atoms with Crippen LogP contribution >= 0.6 is 23.2 Å². The van der Waals surface area contributed by atoms with Gasteiger partial charge in [-0.3, -0.25) is 0 Å². The lowest BCUT2D eigenvalue weighted by Crippen LogP contribution is -2.41. The van der Waals surface area contributed by atoms with Gasteiger partial charge in [-0.1, -0.05) is 42.3 Å². The zero-order valence-corrected chi connectivity index (χ0v) is 19.6. The molecule has 3 atom stereocenters. The van der Waals surface area contributed by atoms with Crippen molar-refractivity contribution in [3.63, 3.8) is 0 Å². The number of nitrogens with zero attached hydrogens (tertiary/aromatic N) is 2. The van der Waals surface area contributed by atoms with Crippen molar-refractivity contribution in [3.05, 3.63) is 82.4 Å². The van der Waals surface area contributed by atoms with Crippen LogP contribution in [0.3, 0.4) is 0 Å². The summed E-state index contributed by atoms with van der Waals surface area (Å²) >= 11 is 12.3. The first-order valence-electron chi connectivity index (χ1n) is 10.4. The van der Waals surface area contributed by atoms with E-state index in [-0.39, 0.29) is 12.0 Å². The summed E-state index contributed by atoms with van der Waals surface area (Å²) in [5, 5.41) is 1.25. The van der Waals surface area contributed by atoms with Crippen LogP contribution in [-0.2, 0) is 27.4 Å². The van der Waals surface area contributed by atoms with E-state index in [1.807, 2.05) is 41.1 Å². The van der Waals surface area contributed by atoms with Gasteiger partial charge in [-0.25, -0.2) is 4.98 Å². The third kappa shape index (κ3) is 5.27. The number of rotatable bonds is 9. The number of methoxy groups -OCH3 is 1. The fourth-order valence-electron chi connectivity index (χ4n) is 3.85. The first-order chi connectivity index (χ1) is 15.5. The Hall–Kier alpha value is -2.09. The molecule has 3 unspecified atom stereocenters. The van der Waals surface area contributed by atoms with E-state index in [0.29, 0.717) is 36.4 Å². The van der Waals surface area contributed by atoms with Crippen molar-refractivity contribution in [2.45, 2.75) is 37.9 Å². The second kappa shape index (κ2) is 10.2. The van der Waals surface area contributed by atoms with Crippen molar-refractivity contribution in [3.8, 4) is 5.75 Å². The van der Waals surface area contributed by atoms with Gasteiger partial charge in [0.25, 0.3) is 0 Å². The maximum absolute atomic E-state index is 6.50. The minimum Gasteiger partial charge on any atom is -0.497 e. The predicted octanol–water partition coefficient (Wildman–Crippen LogP) is 5.33. The lowest BCUT2D eigenvalue weighted by molar-refractivity contribution is -0.196. The molecule has 32 heavy (non-hydrogen) atoms. The first kappa shape index (κ1) is 23.1. The van der Waals surface area contributed by atoms with Crippen molar-refractivity contribution in [2.75, 3.05) is 20.3 Å². The summed E-state index contributed by atoms with van der Waals surface area (Å²) in [4.78, 5) is 4.15. The van der Waals surface area contributed by atoms with Crippen molar-refractivity contribution >= 4 is 23.2 Å². The summed E-state index contributed by atoms with van der Waals surface area (Å²) < 4.78 is 26.0. The molecule has 2 aromatic carbocycles. The second-order valence-corrected chi connectivity index (χ2v) is 8.69. The summed E-state index contributed by atoms with van der Waals surface area (Å²) in [7, 11) is 1.66. The molecule has 1 aliphatic rings. The molecule has 2 heterocycles. The molecule has 0 radical (unpaired) electrons. The molecule has 6 nitrogen and oxygen atoms in total. The van der Waals surface area contributed by atoms with Crippen LogP contribution in [0, 0.1) is 0 Å². The highest BCUT2D eigenvalue weighted by Gasteiger charge is 2.47. The predicted molar refractivity (Wildman–Crippen MR) is 123 cm³/mol. The van der Waals surface area contributed by atoms with Crippen LogP contribution in [0.25, 0.3) is 0 Å². The Morgan fingerprint density at radius 3 is 2.75 bits per heavy atom. The van der Waals surface area contributed by atoms with Crippen molar-refractivity contribution < 1.29 is 18.9 Å². The van der Waals surface area contributed by atoms with Crippen LogP contribution in [0.1, 0.15) is 24.0 Å². The van der Waals surface area contributed by atoms with Crippen molar-refractivity contribution in [2.24, 2.45) is 0 Å². The summed E-state index contributed by atoms with van der Waals surface area (Å²) in [6.45, 7) is 3.77. The number of hydrogen-bond donors (Lipinski definition) is 0. The van der Waals surface area contributed by atoms with Crippen molar-refractivity contribution in [1.82, 2.24) is 9.55 Å². The van der Waals surface area contributed by atoms with E-state index in [0.717, 1.165) is 16.9 Å². The third-order valence-electron chi connectivity index (χ3n) is 5.69. The molecule has 8 heteroatoms. The molecule has 0 N–H and O–H groups in total. The van der Waals surface area contributed by atoms with Crippen molar-refractivity contribution in [1.29, 1.82) is 0 Å². The van der Waals surface area contributed by atoms with Gasteiger partial charge in [0.05, 0.1) is 39.8 Å². The molecule has 1 aromatic heterocycles. The minimum absolute atomic E-state index is 0.0387. The molecule has 170 valence electrons. The van der Waals surface area contributed by atoms with Gasteiger partial charge >= 0.3 is 0 Å². The normalized spacial score (nSPS) is 21.6. The average Bonchev–Trinajstić information content (AvgIpc) is 3.46. The maximum atomic E-state index is 6.50. The molecule has 3 aromatic rings. The highest BCUT2D eigenvalue weighted by Crippen LogP contribution is 2.39. The Morgan fingerprint density at radius 1 is 1.22 bits per heavy atom.